The molecule has 0 radical (unpaired) electrons. The first-order valence-electron chi connectivity index (χ1n) is 19.0. The summed E-state index contributed by atoms with van der Waals surface area (Å²) in [6.45, 7) is 0. The third-order valence-electron chi connectivity index (χ3n) is 11.4. The number of anilines is 3. The summed E-state index contributed by atoms with van der Waals surface area (Å²) in [5.41, 5.74) is 10.8. The Morgan fingerprint density at radius 2 is 1.00 bits per heavy atom. The fourth-order valence-electron chi connectivity index (χ4n) is 9.03. The Bertz CT molecular complexity index is 3460. The second-order valence-electron chi connectivity index (χ2n) is 14.4. The predicted molar refractivity (Wildman–Crippen MR) is 239 cm³/mol. The molecule has 0 N–H and O–H groups in total. The first-order chi connectivity index (χ1) is 27.8. The van der Waals surface area contributed by atoms with Crippen LogP contribution < -0.4 is 4.90 Å². The lowest BCUT2D eigenvalue weighted by Crippen LogP contribution is -2.14. The largest absolute Gasteiger partial charge is 0.455 e. The van der Waals surface area contributed by atoms with Crippen LogP contribution in [0.15, 0.2) is 199 Å². The Morgan fingerprint density at radius 3 is 1.84 bits per heavy atom. The number of benzene rings is 9. The van der Waals surface area contributed by atoms with Crippen LogP contribution in [-0.2, 0) is 0 Å². The summed E-state index contributed by atoms with van der Waals surface area (Å²) in [6, 6.07) is 70.2. The maximum Gasteiger partial charge on any atom is 0.143 e. The summed E-state index contributed by atoms with van der Waals surface area (Å²) in [6.07, 6.45) is 0. The Morgan fingerprint density at radius 1 is 0.393 bits per heavy atom. The molecule has 262 valence electrons. The van der Waals surface area contributed by atoms with Crippen LogP contribution in [-0.4, -0.2) is 4.57 Å². The van der Waals surface area contributed by atoms with Crippen molar-refractivity contribution < 1.29 is 4.42 Å². The summed E-state index contributed by atoms with van der Waals surface area (Å²) < 4.78 is 11.8. The molecule has 0 aliphatic heterocycles. The maximum atomic E-state index is 6.83. The minimum Gasteiger partial charge on any atom is -0.455 e. The number of furan rings is 1. The molecule has 0 aliphatic carbocycles. The summed E-state index contributed by atoms with van der Waals surface area (Å²) in [5, 5.41) is 9.48. The molecule has 3 heterocycles. The summed E-state index contributed by atoms with van der Waals surface area (Å²) in [5.74, 6) is 0. The van der Waals surface area contributed by atoms with Gasteiger partial charge in [-0.05, 0) is 71.6 Å². The fraction of sp³-hybridized carbons (Fsp3) is 0. The van der Waals surface area contributed by atoms with Crippen molar-refractivity contribution >= 4 is 103 Å². The Hall–Kier alpha value is -7.14. The number of para-hydroxylation sites is 5. The Labute approximate surface area is 326 Å². The summed E-state index contributed by atoms with van der Waals surface area (Å²) in [4.78, 5) is 2.48. The van der Waals surface area contributed by atoms with E-state index in [0.29, 0.717) is 0 Å². The second kappa shape index (κ2) is 12.2. The third kappa shape index (κ3) is 4.51. The monoisotopic (exact) mass is 732 g/mol. The molecule has 0 fully saturated rings. The standard InChI is InChI=1S/C52H32N2OS/c1-2-16-34-33(15-1)31-32-40-51-46(27-14-28-47(51)55-52(34)40)54(43-24-9-5-19-37(43)38-21-13-30-49-50(38)39-20-6-12-29-48(39)56-49)45-26-11-10-25-44(45)53-41-22-7-3-17-35(41)36-18-4-8-23-42(36)53/h1-32H. The zero-order chi connectivity index (χ0) is 36.7. The van der Waals surface area contributed by atoms with Crippen LogP contribution in [0, 0.1) is 0 Å². The van der Waals surface area contributed by atoms with E-state index in [1.165, 1.54) is 47.5 Å². The van der Waals surface area contributed by atoms with Gasteiger partial charge in [0.05, 0.1) is 39.2 Å². The van der Waals surface area contributed by atoms with Crippen molar-refractivity contribution in [3.05, 3.63) is 194 Å². The van der Waals surface area contributed by atoms with Gasteiger partial charge in [-0.2, -0.15) is 0 Å². The first-order valence-corrected chi connectivity index (χ1v) is 19.8. The molecule has 0 saturated carbocycles. The lowest BCUT2D eigenvalue weighted by Gasteiger charge is -2.31. The molecule has 0 saturated heterocycles. The van der Waals surface area contributed by atoms with E-state index in [0.717, 1.165) is 61.0 Å². The van der Waals surface area contributed by atoms with E-state index in [2.05, 4.69) is 204 Å². The molecule has 0 amide bonds. The van der Waals surface area contributed by atoms with Crippen LogP contribution >= 0.6 is 11.3 Å². The molecule has 12 aromatic rings. The van der Waals surface area contributed by atoms with E-state index in [-0.39, 0.29) is 0 Å². The summed E-state index contributed by atoms with van der Waals surface area (Å²) >= 11 is 1.86. The van der Waals surface area contributed by atoms with Crippen molar-refractivity contribution in [3.63, 3.8) is 0 Å². The molecule has 0 aliphatic rings. The third-order valence-corrected chi connectivity index (χ3v) is 12.5. The minimum atomic E-state index is 0.858. The quantitative estimate of drug-likeness (QED) is 0.176. The van der Waals surface area contributed by atoms with Crippen molar-refractivity contribution in [3.8, 4) is 16.8 Å². The molecule has 56 heavy (non-hydrogen) atoms. The van der Waals surface area contributed by atoms with Crippen LogP contribution in [0.4, 0.5) is 17.1 Å². The second-order valence-corrected chi connectivity index (χ2v) is 15.5. The van der Waals surface area contributed by atoms with Gasteiger partial charge < -0.3 is 13.9 Å². The number of thiophene rings is 1. The van der Waals surface area contributed by atoms with Gasteiger partial charge in [0.15, 0.2) is 0 Å². The molecule has 12 rings (SSSR count). The number of fused-ring (bicyclic) bond motifs is 11. The van der Waals surface area contributed by atoms with Crippen molar-refractivity contribution in [2.45, 2.75) is 0 Å². The summed E-state index contributed by atoms with van der Waals surface area (Å²) in [7, 11) is 0. The van der Waals surface area contributed by atoms with Crippen LogP contribution in [0.1, 0.15) is 0 Å². The SMILES string of the molecule is c1ccc(N(c2ccccc2-n2c3ccccc3c3ccccc32)c2cccc3oc4c5ccccc5ccc4c23)c(-c2cccc3sc4ccccc4c23)c1. The van der Waals surface area contributed by atoms with Crippen LogP contribution in [0.5, 0.6) is 0 Å². The van der Waals surface area contributed by atoms with Gasteiger partial charge in [0.1, 0.15) is 11.2 Å². The highest BCUT2D eigenvalue weighted by molar-refractivity contribution is 7.25. The van der Waals surface area contributed by atoms with Gasteiger partial charge in [0.25, 0.3) is 0 Å². The molecule has 3 nitrogen and oxygen atoms in total. The highest BCUT2D eigenvalue weighted by Crippen LogP contribution is 2.50. The molecule has 0 spiro atoms. The molecular formula is C52H32N2OS. The van der Waals surface area contributed by atoms with Gasteiger partial charge in [-0.15, -0.1) is 11.3 Å². The van der Waals surface area contributed by atoms with E-state index in [4.69, 9.17) is 4.42 Å². The lowest BCUT2D eigenvalue weighted by atomic mass is 9.96. The average molecular weight is 733 g/mol. The molecular weight excluding hydrogens is 701 g/mol. The van der Waals surface area contributed by atoms with E-state index in [1.807, 2.05) is 11.3 Å². The van der Waals surface area contributed by atoms with E-state index in [9.17, 15) is 0 Å². The van der Waals surface area contributed by atoms with Crippen LogP contribution in [0.2, 0.25) is 0 Å². The fourth-order valence-corrected chi connectivity index (χ4v) is 10.2. The van der Waals surface area contributed by atoms with Crippen LogP contribution in [0.25, 0.3) is 91.5 Å². The van der Waals surface area contributed by atoms with Crippen LogP contribution in [0.3, 0.4) is 0 Å². The predicted octanol–water partition coefficient (Wildman–Crippen LogP) is 15.3. The normalized spacial score (nSPS) is 11.9. The van der Waals surface area contributed by atoms with Crippen molar-refractivity contribution in [2.75, 3.05) is 4.90 Å². The molecule has 0 unspecified atom stereocenters. The first kappa shape index (κ1) is 31.2. The topological polar surface area (TPSA) is 21.3 Å². The Kier molecular flexibility index (Phi) is 6.80. The molecule has 0 atom stereocenters. The van der Waals surface area contributed by atoms with Gasteiger partial charge in [-0.3, -0.25) is 0 Å². The number of rotatable bonds is 5. The lowest BCUT2D eigenvalue weighted by molar-refractivity contribution is 0.672. The van der Waals surface area contributed by atoms with Gasteiger partial charge in [-0.1, -0.05) is 133 Å². The zero-order valence-corrected chi connectivity index (χ0v) is 31.0. The van der Waals surface area contributed by atoms with Gasteiger partial charge in [0.2, 0.25) is 0 Å². The number of aromatic nitrogens is 1. The zero-order valence-electron chi connectivity index (χ0n) is 30.2. The molecule has 9 aromatic carbocycles. The number of hydrogen-bond donors (Lipinski definition) is 0. The van der Waals surface area contributed by atoms with E-state index in [1.54, 1.807) is 0 Å². The Balaban J connectivity index is 1.22. The minimum absolute atomic E-state index is 0.858. The highest BCUT2D eigenvalue weighted by atomic mass is 32.1. The maximum absolute atomic E-state index is 6.83. The molecule has 0 bridgehead atoms. The average Bonchev–Trinajstić information content (AvgIpc) is 3.94. The number of nitrogens with zero attached hydrogens (tertiary/aromatic N) is 2. The molecule has 3 aromatic heterocycles. The smallest absolute Gasteiger partial charge is 0.143 e. The highest BCUT2D eigenvalue weighted by Gasteiger charge is 2.26. The van der Waals surface area contributed by atoms with E-state index < -0.39 is 0 Å². The van der Waals surface area contributed by atoms with Crippen molar-refractivity contribution in [2.24, 2.45) is 0 Å². The van der Waals surface area contributed by atoms with Gasteiger partial charge >= 0.3 is 0 Å². The van der Waals surface area contributed by atoms with Crippen molar-refractivity contribution in [1.82, 2.24) is 4.57 Å². The van der Waals surface area contributed by atoms with Gasteiger partial charge in [0, 0.05) is 47.3 Å². The molecule has 4 heteroatoms. The van der Waals surface area contributed by atoms with E-state index >= 15 is 0 Å². The number of hydrogen-bond acceptors (Lipinski definition) is 3. The van der Waals surface area contributed by atoms with Gasteiger partial charge in [-0.25, -0.2) is 0 Å². The van der Waals surface area contributed by atoms with Crippen molar-refractivity contribution in [1.29, 1.82) is 0 Å².